The minimum atomic E-state index is -1.32. The number of hydrogen-bond donors (Lipinski definition) is 2. The fourth-order valence-corrected chi connectivity index (χ4v) is 4.07. The van der Waals surface area contributed by atoms with Crippen LogP contribution in [0.4, 0.5) is 0 Å². The maximum absolute atomic E-state index is 11.7. The van der Waals surface area contributed by atoms with Crippen LogP contribution in [0.5, 0.6) is 0 Å². The lowest BCUT2D eigenvalue weighted by Crippen LogP contribution is -2.27. The van der Waals surface area contributed by atoms with E-state index >= 15 is 0 Å². The molecule has 1 atom stereocenters. The largest absolute Gasteiger partial charge is 0.457 e. The Morgan fingerprint density at radius 1 is 0.622 bits per heavy atom. The molecule has 0 aliphatic heterocycles. The van der Waals surface area contributed by atoms with Crippen LogP contribution in [0.1, 0.15) is 142 Å². The van der Waals surface area contributed by atoms with Crippen molar-refractivity contribution in [3.05, 3.63) is 0 Å². The van der Waals surface area contributed by atoms with Crippen molar-refractivity contribution in [2.45, 2.75) is 148 Å². The Bertz CT molecular complexity index is 605. The smallest absolute Gasteiger partial charge is 0.375 e. The number of ether oxygens (including phenoxy) is 2. The number of esters is 3. The zero-order chi connectivity index (χ0) is 27.6. The van der Waals surface area contributed by atoms with Crippen LogP contribution < -0.4 is 0 Å². The van der Waals surface area contributed by atoms with Gasteiger partial charge < -0.3 is 19.7 Å². The molecule has 0 aromatic rings. The van der Waals surface area contributed by atoms with E-state index in [4.69, 9.17) is 10.2 Å². The van der Waals surface area contributed by atoms with E-state index in [0.717, 1.165) is 19.3 Å². The first-order chi connectivity index (χ1) is 17.9. The molecule has 0 spiro atoms. The van der Waals surface area contributed by atoms with Crippen LogP contribution in [-0.2, 0) is 28.7 Å². The van der Waals surface area contributed by atoms with Crippen molar-refractivity contribution in [1.29, 1.82) is 0 Å². The molecule has 0 aliphatic carbocycles. The van der Waals surface area contributed by atoms with E-state index in [2.05, 4.69) is 16.4 Å². The Kier molecular flexibility index (Phi) is 24.6. The van der Waals surface area contributed by atoms with Crippen molar-refractivity contribution in [1.82, 2.24) is 0 Å². The first-order valence-corrected chi connectivity index (χ1v) is 14.6. The molecule has 1 unspecified atom stereocenters. The molecule has 0 aliphatic rings. The van der Waals surface area contributed by atoms with Gasteiger partial charge in [0.15, 0.2) is 0 Å². The molecule has 0 heterocycles. The molecule has 0 aromatic carbocycles. The highest BCUT2D eigenvalue weighted by atomic mass is 16.6. The molecule has 0 rings (SSSR count). The highest BCUT2D eigenvalue weighted by molar-refractivity contribution is 6.36. The van der Waals surface area contributed by atoms with Gasteiger partial charge in [-0.25, -0.2) is 4.79 Å². The first-order valence-electron chi connectivity index (χ1n) is 14.6. The van der Waals surface area contributed by atoms with Crippen molar-refractivity contribution in [3.63, 3.8) is 0 Å². The van der Waals surface area contributed by atoms with Gasteiger partial charge >= 0.3 is 17.9 Å². The molecular formula is C29H52O8. The Labute approximate surface area is 223 Å². The highest BCUT2D eigenvalue weighted by Gasteiger charge is 2.22. The lowest BCUT2D eigenvalue weighted by Gasteiger charge is -2.07. The number of aliphatic hydroxyl groups is 2. The van der Waals surface area contributed by atoms with Crippen LogP contribution in [0.3, 0.4) is 0 Å². The van der Waals surface area contributed by atoms with Gasteiger partial charge in [0.25, 0.3) is 5.78 Å². The summed E-state index contributed by atoms with van der Waals surface area (Å²) >= 11 is 0. The van der Waals surface area contributed by atoms with Crippen LogP contribution in [0.15, 0.2) is 0 Å². The van der Waals surface area contributed by atoms with E-state index in [1.54, 1.807) is 0 Å². The van der Waals surface area contributed by atoms with Gasteiger partial charge in [-0.05, 0) is 6.42 Å². The van der Waals surface area contributed by atoms with Gasteiger partial charge in [-0.15, -0.1) is 0 Å². The second-order valence-corrected chi connectivity index (χ2v) is 9.99. The number of aliphatic hydroxyl groups excluding tert-OH is 2. The monoisotopic (exact) mass is 528 g/mol. The van der Waals surface area contributed by atoms with E-state index in [9.17, 15) is 19.2 Å². The van der Waals surface area contributed by atoms with Crippen molar-refractivity contribution in [3.8, 4) is 0 Å². The topological polar surface area (TPSA) is 127 Å². The van der Waals surface area contributed by atoms with Gasteiger partial charge in [-0.1, -0.05) is 122 Å². The summed E-state index contributed by atoms with van der Waals surface area (Å²) in [6, 6.07) is 0. The normalized spacial score (nSPS) is 11.8. The first kappa shape index (κ1) is 35.2. The summed E-state index contributed by atoms with van der Waals surface area (Å²) in [6.45, 7) is 1.07. The van der Waals surface area contributed by atoms with Crippen LogP contribution >= 0.6 is 0 Å². The Balaban J connectivity index is 3.46. The van der Waals surface area contributed by atoms with Crippen LogP contribution in [0.2, 0.25) is 0 Å². The van der Waals surface area contributed by atoms with E-state index in [0.29, 0.717) is 6.42 Å². The number of carbonyl (C=O) groups excluding carboxylic acids is 4. The zero-order valence-electron chi connectivity index (χ0n) is 23.2. The van der Waals surface area contributed by atoms with Gasteiger partial charge in [-0.3, -0.25) is 14.4 Å². The molecule has 0 saturated carbocycles. The van der Waals surface area contributed by atoms with Gasteiger partial charge in [0.05, 0.1) is 6.61 Å². The molecule has 8 heteroatoms. The summed E-state index contributed by atoms with van der Waals surface area (Å²) in [4.78, 5) is 46.2. The van der Waals surface area contributed by atoms with E-state index in [1.165, 1.54) is 96.3 Å². The standard InChI is InChI=1S/C29H52O8/c1-2-3-4-5-6-7-8-9-10-11-12-13-14-15-16-17-18-19-20-21-27(33)37-28(34)22-26(32)29(35)36-24-25(31)23-30/h25,30-31H,2-24H2,1H3. The number of hydrogen-bond acceptors (Lipinski definition) is 8. The predicted molar refractivity (Wildman–Crippen MR) is 143 cm³/mol. The lowest BCUT2D eigenvalue weighted by atomic mass is 10.0. The molecule has 37 heavy (non-hydrogen) atoms. The molecule has 2 N–H and O–H groups in total. The lowest BCUT2D eigenvalue weighted by molar-refractivity contribution is -0.164. The second kappa shape index (κ2) is 25.8. The molecule has 0 fully saturated rings. The Morgan fingerprint density at radius 2 is 1.03 bits per heavy atom. The molecule has 0 amide bonds. The minimum Gasteiger partial charge on any atom is -0.457 e. The predicted octanol–water partition coefficient (Wildman–Crippen LogP) is 5.73. The van der Waals surface area contributed by atoms with Crippen molar-refractivity contribution < 1.29 is 38.9 Å². The average molecular weight is 529 g/mol. The molecule has 0 saturated heterocycles. The van der Waals surface area contributed by atoms with Gasteiger partial charge in [-0.2, -0.15) is 0 Å². The summed E-state index contributed by atoms with van der Waals surface area (Å²) in [5.74, 6) is -4.32. The fraction of sp³-hybridized carbons (Fsp3) is 0.862. The quantitative estimate of drug-likeness (QED) is 0.0630. The molecule has 0 bridgehead atoms. The molecule has 0 radical (unpaired) electrons. The number of carbonyl (C=O) groups is 4. The van der Waals surface area contributed by atoms with E-state index in [1.807, 2.05) is 0 Å². The van der Waals surface area contributed by atoms with Crippen LogP contribution in [0.25, 0.3) is 0 Å². The summed E-state index contributed by atoms with van der Waals surface area (Å²) < 4.78 is 9.00. The third-order valence-corrected chi connectivity index (χ3v) is 6.36. The SMILES string of the molecule is CCCCCCCCCCCCCCCCCCCCCC(=O)OC(=O)CC(=O)C(=O)OCC(O)CO. The average Bonchev–Trinajstić information content (AvgIpc) is 2.88. The minimum absolute atomic E-state index is 0.0892. The Hall–Kier alpha value is -1.80. The van der Waals surface area contributed by atoms with Crippen LogP contribution in [0, 0.1) is 0 Å². The number of Topliss-reactive ketones (excluding diaryl/α,β-unsaturated/α-hetero) is 1. The van der Waals surface area contributed by atoms with E-state index in [-0.39, 0.29) is 6.42 Å². The van der Waals surface area contributed by atoms with Crippen molar-refractivity contribution >= 4 is 23.7 Å². The highest BCUT2D eigenvalue weighted by Crippen LogP contribution is 2.15. The molecule has 216 valence electrons. The molecule has 8 nitrogen and oxygen atoms in total. The van der Waals surface area contributed by atoms with Gasteiger partial charge in [0, 0.05) is 6.42 Å². The van der Waals surface area contributed by atoms with Crippen molar-refractivity contribution in [2.24, 2.45) is 0 Å². The third-order valence-electron chi connectivity index (χ3n) is 6.36. The number of ketones is 1. The van der Waals surface area contributed by atoms with Gasteiger partial charge in [0.2, 0.25) is 0 Å². The summed E-state index contributed by atoms with van der Waals surface area (Å²) in [5.41, 5.74) is 0. The fourth-order valence-electron chi connectivity index (χ4n) is 4.07. The zero-order valence-corrected chi connectivity index (χ0v) is 23.2. The molecule has 0 aromatic heterocycles. The number of rotatable bonds is 26. The summed E-state index contributed by atoms with van der Waals surface area (Å²) in [5, 5.41) is 17.7. The third kappa shape index (κ3) is 24.3. The number of unbranched alkanes of at least 4 members (excludes halogenated alkanes) is 18. The summed E-state index contributed by atoms with van der Waals surface area (Å²) in [7, 11) is 0. The van der Waals surface area contributed by atoms with Crippen LogP contribution in [-0.4, -0.2) is 53.2 Å². The second-order valence-electron chi connectivity index (χ2n) is 9.99. The maximum Gasteiger partial charge on any atom is 0.375 e. The summed E-state index contributed by atoms with van der Waals surface area (Å²) in [6.07, 6.45) is 21.8. The maximum atomic E-state index is 11.7. The molecular weight excluding hydrogens is 476 g/mol. The van der Waals surface area contributed by atoms with E-state index < -0.39 is 49.4 Å². The van der Waals surface area contributed by atoms with Gasteiger partial charge in [0.1, 0.15) is 19.1 Å². The van der Waals surface area contributed by atoms with Crippen molar-refractivity contribution in [2.75, 3.05) is 13.2 Å². The Morgan fingerprint density at radius 3 is 1.43 bits per heavy atom.